The van der Waals surface area contributed by atoms with Crippen LogP contribution in [0.15, 0.2) is 0 Å². The molecule has 1 atom stereocenters. The summed E-state index contributed by atoms with van der Waals surface area (Å²) in [5.41, 5.74) is 5.53. The van der Waals surface area contributed by atoms with Crippen molar-refractivity contribution in [3.05, 3.63) is 0 Å². The SMILES string of the molecule is [2H]C([2H])([2H])N1CCC(N)C1. The summed E-state index contributed by atoms with van der Waals surface area (Å²) < 4.78 is 21.1. The molecule has 7 heavy (non-hydrogen) atoms. The Kier molecular flexibility index (Phi) is 0.634. The van der Waals surface area contributed by atoms with Crippen LogP contribution in [0.5, 0.6) is 0 Å². The van der Waals surface area contributed by atoms with Crippen LogP contribution < -0.4 is 5.73 Å². The van der Waals surface area contributed by atoms with Crippen molar-refractivity contribution in [3.8, 4) is 0 Å². The van der Waals surface area contributed by atoms with E-state index in [1.807, 2.05) is 0 Å². The Bertz CT molecular complexity index is 123. The maximum absolute atomic E-state index is 7.02. The molecule has 1 aliphatic heterocycles. The molecule has 2 nitrogen and oxygen atoms in total. The lowest BCUT2D eigenvalue weighted by Crippen LogP contribution is -2.23. The number of likely N-dealkylation sites (N-methyl/N-ethyl adjacent to an activating group) is 1. The van der Waals surface area contributed by atoms with E-state index in [9.17, 15) is 0 Å². The second-order valence-electron chi connectivity index (χ2n) is 1.99. The maximum atomic E-state index is 7.02. The molecule has 0 aromatic carbocycles. The molecule has 42 valence electrons. The summed E-state index contributed by atoms with van der Waals surface area (Å²) in [6.45, 7) is -0.817. The van der Waals surface area contributed by atoms with Crippen molar-refractivity contribution in [1.82, 2.24) is 4.90 Å². The molecule has 0 aromatic heterocycles. The summed E-state index contributed by atoms with van der Waals surface area (Å²) in [4.78, 5) is 1.44. The average Bonchev–Trinajstić information content (AvgIpc) is 2.11. The lowest BCUT2D eigenvalue weighted by Gasteiger charge is -2.03. The Hall–Kier alpha value is -0.0800. The molecular weight excluding hydrogens is 88.1 g/mol. The summed E-state index contributed by atoms with van der Waals surface area (Å²) in [7, 11) is 0. The summed E-state index contributed by atoms with van der Waals surface area (Å²) in [5.74, 6) is 0. The molecule has 0 aromatic rings. The van der Waals surface area contributed by atoms with E-state index in [0.29, 0.717) is 13.1 Å². The smallest absolute Gasteiger partial charge is 0.0394 e. The van der Waals surface area contributed by atoms with Crippen LogP contribution in [-0.2, 0) is 0 Å². The van der Waals surface area contributed by atoms with Crippen molar-refractivity contribution in [1.29, 1.82) is 0 Å². The Balaban J connectivity index is 2.45. The number of likely N-dealkylation sites (tertiary alicyclic amines) is 1. The van der Waals surface area contributed by atoms with Gasteiger partial charge in [-0.2, -0.15) is 0 Å². The zero-order valence-electron chi connectivity index (χ0n) is 7.22. The fraction of sp³-hybridized carbons (Fsp3) is 1.00. The van der Waals surface area contributed by atoms with Crippen LogP contribution in [0.1, 0.15) is 10.5 Å². The van der Waals surface area contributed by atoms with E-state index in [1.54, 1.807) is 0 Å². The zero-order valence-corrected chi connectivity index (χ0v) is 4.22. The molecule has 0 aliphatic carbocycles. The minimum Gasteiger partial charge on any atom is -0.326 e. The van der Waals surface area contributed by atoms with Crippen LogP contribution in [0.4, 0.5) is 0 Å². The highest BCUT2D eigenvalue weighted by Gasteiger charge is 2.13. The zero-order chi connectivity index (χ0) is 7.78. The van der Waals surface area contributed by atoms with Gasteiger partial charge in [0.25, 0.3) is 0 Å². The predicted octanol–water partition coefficient (Wildman–Crippen LogP) is -0.351. The Labute approximate surface area is 48.5 Å². The highest BCUT2D eigenvalue weighted by Crippen LogP contribution is 2.01. The van der Waals surface area contributed by atoms with Crippen LogP contribution in [0, 0.1) is 0 Å². The third kappa shape index (κ3) is 1.14. The van der Waals surface area contributed by atoms with Gasteiger partial charge in [0.15, 0.2) is 0 Å². The van der Waals surface area contributed by atoms with Crippen LogP contribution >= 0.6 is 0 Å². The molecular formula is C5H12N2. The van der Waals surface area contributed by atoms with Crippen molar-refractivity contribution < 1.29 is 4.11 Å². The topological polar surface area (TPSA) is 29.3 Å². The van der Waals surface area contributed by atoms with Crippen LogP contribution in [0.2, 0.25) is 0 Å². The van der Waals surface area contributed by atoms with Gasteiger partial charge in [0.2, 0.25) is 0 Å². The van der Waals surface area contributed by atoms with Crippen molar-refractivity contribution in [3.63, 3.8) is 0 Å². The van der Waals surface area contributed by atoms with Gasteiger partial charge in [0.1, 0.15) is 0 Å². The van der Waals surface area contributed by atoms with Crippen LogP contribution in [0.25, 0.3) is 0 Å². The van der Waals surface area contributed by atoms with Gasteiger partial charge in [-0.3, -0.25) is 0 Å². The first-order valence-corrected chi connectivity index (χ1v) is 2.51. The summed E-state index contributed by atoms with van der Waals surface area (Å²) >= 11 is 0. The molecule has 1 saturated heterocycles. The van der Waals surface area contributed by atoms with Gasteiger partial charge in [0.05, 0.1) is 0 Å². The van der Waals surface area contributed by atoms with E-state index in [4.69, 9.17) is 9.85 Å². The minimum atomic E-state index is -1.94. The molecule has 1 aliphatic rings. The Morgan fingerprint density at radius 2 is 2.86 bits per heavy atom. The second-order valence-corrected chi connectivity index (χ2v) is 1.99. The van der Waals surface area contributed by atoms with E-state index in [2.05, 4.69) is 0 Å². The van der Waals surface area contributed by atoms with Gasteiger partial charge in [-0.1, -0.05) is 0 Å². The number of hydrogen-bond acceptors (Lipinski definition) is 2. The Morgan fingerprint density at radius 1 is 2.00 bits per heavy atom. The number of rotatable bonds is 0. The Morgan fingerprint density at radius 3 is 3.14 bits per heavy atom. The number of nitrogens with zero attached hydrogens (tertiary/aromatic N) is 1. The van der Waals surface area contributed by atoms with E-state index in [-0.39, 0.29) is 6.04 Å². The van der Waals surface area contributed by atoms with Crippen LogP contribution in [0.3, 0.4) is 0 Å². The number of hydrogen-bond donors (Lipinski definition) is 1. The van der Waals surface area contributed by atoms with E-state index in [0.717, 1.165) is 6.42 Å². The van der Waals surface area contributed by atoms with Gasteiger partial charge >= 0.3 is 0 Å². The molecule has 0 radical (unpaired) electrons. The van der Waals surface area contributed by atoms with E-state index in [1.165, 1.54) is 4.90 Å². The van der Waals surface area contributed by atoms with Gasteiger partial charge in [-0.25, -0.2) is 0 Å². The fourth-order valence-corrected chi connectivity index (χ4v) is 0.787. The molecule has 1 fully saturated rings. The summed E-state index contributed by atoms with van der Waals surface area (Å²) in [6, 6.07) is 0.0559. The molecule has 1 unspecified atom stereocenters. The largest absolute Gasteiger partial charge is 0.326 e. The fourth-order valence-electron chi connectivity index (χ4n) is 0.787. The lowest BCUT2D eigenvalue weighted by atomic mass is 10.3. The van der Waals surface area contributed by atoms with Gasteiger partial charge in [-0.05, 0) is 19.9 Å². The third-order valence-electron chi connectivity index (χ3n) is 1.22. The monoisotopic (exact) mass is 103 g/mol. The molecule has 1 heterocycles. The highest BCUT2D eigenvalue weighted by atomic mass is 15.1. The first-order chi connectivity index (χ1) is 4.50. The van der Waals surface area contributed by atoms with Crippen molar-refractivity contribution in [2.45, 2.75) is 12.5 Å². The average molecular weight is 103 g/mol. The van der Waals surface area contributed by atoms with Crippen LogP contribution in [-0.4, -0.2) is 31.0 Å². The van der Waals surface area contributed by atoms with E-state index >= 15 is 0 Å². The summed E-state index contributed by atoms with van der Waals surface area (Å²) in [6.07, 6.45) is 0.804. The molecule has 0 spiro atoms. The van der Waals surface area contributed by atoms with Gasteiger partial charge in [0, 0.05) is 16.7 Å². The van der Waals surface area contributed by atoms with Crippen molar-refractivity contribution in [2.75, 3.05) is 20.1 Å². The standard InChI is InChI=1S/C5H12N2/c1-7-3-2-5(6)4-7/h5H,2-4,6H2,1H3/i1D3. The summed E-state index contributed by atoms with van der Waals surface area (Å²) in [5, 5.41) is 0. The predicted molar refractivity (Wildman–Crippen MR) is 30.1 cm³/mol. The quantitative estimate of drug-likeness (QED) is 0.454. The third-order valence-corrected chi connectivity index (χ3v) is 1.22. The maximum Gasteiger partial charge on any atom is 0.0394 e. The number of nitrogens with two attached hydrogens (primary N) is 1. The molecule has 0 saturated carbocycles. The first kappa shape index (κ1) is 2.46. The van der Waals surface area contributed by atoms with Crippen molar-refractivity contribution >= 4 is 0 Å². The van der Waals surface area contributed by atoms with Crippen molar-refractivity contribution in [2.24, 2.45) is 5.73 Å². The van der Waals surface area contributed by atoms with Gasteiger partial charge < -0.3 is 10.6 Å². The molecule has 2 heteroatoms. The normalized spacial score (nSPS) is 42.4. The van der Waals surface area contributed by atoms with E-state index < -0.39 is 6.98 Å². The second kappa shape index (κ2) is 1.80. The van der Waals surface area contributed by atoms with Gasteiger partial charge in [-0.15, -0.1) is 0 Å². The minimum absolute atomic E-state index is 0.0559. The lowest BCUT2D eigenvalue weighted by molar-refractivity contribution is 0.411. The molecule has 1 rings (SSSR count). The molecule has 0 bridgehead atoms. The molecule has 0 amide bonds. The molecule has 2 N–H and O–H groups in total. The highest BCUT2D eigenvalue weighted by molar-refractivity contribution is 4.74. The first-order valence-electron chi connectivity index (χ1n) is 4.01.